The smallest absolute Gasteiger partial charge is 0.420 e. The van der Waals surface area contributed by atoms with Crippen molar-refractivity contribution < 1.29 is 27.5 Å². The predicted octanol–water partition coefficient (Wildman–Crippen LogP) is 6.31. The largest absolute Gasteiger partial charge is 0.493 e. The van der Waals surface area contributed by atoms with Gasteiger partial charge in [-0.25, -0.2) is 0 Å². The van der Waals surface area contributed by atoms with Crippen LogP contribution in [-0.4, -0.2) is 56.5 Å². The van der Waals surface area contributed by atoms with Gasteiger partial charge in [-0.3, -0.25) is 14.9 Å². The summed E-state index contributed by atoms with van der Waals surface area (Å²) in [7, 11) is 0. The molecule has 242 valence electrons. The highest BCUT2D eigenvalue weighted by Crippen LogP contribution is 2.40. The molecule has 10 nitrogen and oxygen atoms in total. The molecule has 0 aliphatic heterocycles. The quantitative estimate of drug-likeness (QED) is 0.228. The van der Waals surface area contributed by atoms with Crippen LogP contribution in [0.15, 0.2) is 42.5 Å². The average molecular weight is 628 g/mol. The van der Waals surface area contributed by atoms with Crippen molar-refractivity contribution in [3.63, 3.8) is 0 Å². The van der Waals surface area contributed by atoms with Gasteiger partial charge in [0.2, 0.25) is 5.91 Å². The fourth-order valence-corrected chi connectivity index (χ4v) is 5.78. The molecule has 0 spiro atoms. The lowest BCUT2D eigenvalue weighted by Crippen LogP contribution is -2.45. The van der Waals surface area contributed by atoms with Crippen molar-refractivity contribution in [1.82, 2.24) is 25.5 Å². The fourth-order valence-electron chi connectivity index (χ4n) is 5.78. The highest BCUT2D eigenvalue weighted by atomic mass is 19.4. The van der Waals surface area contributed by atoms with E-state index in [1.807, 2.05) is 4.90 Å². The minimum absolute atomic E-state index is 0.0111. The van der Waals surface area contributed by atoms with Crippen LogP contribution < -0.4 is 15.4 Å². The Kier molecular flexibility index (Phi) is 9.64. The van der Waals surface area contributed by atoms with Crippen molar-refractivity contribution >= 4 is 23.5 Å². The number of hydrogen-bond acceptors (Lipinski definition) is 7. The van der Waals surface area contributed by atoms with Crippen LogP contribution in [0.4, 0.5) is 24.8 Å². The summed E-state index contributed by atoms with van der Waals surface area (Å²) in [4.78, 5) is 28.1. The van der Waals surface area contributed by atoms with Crippen molar-refractivity contribution in [2.45, 2.75) is 78.1 Å². The molecule has 1 aromatic heterocycles. The van der Waals surface area contributed by atoms with Gasteiger partial charge in [0.05, 0.1) is 18.7 Å². The summed E-state index contributed by atoms with van der Waals surface area (Å²) in [5, 5.41) is 18.6. The van der Waals surface area contributed by atoms with Crippen LogP contribution in [0.3, 0.4) is 0 Å². The standard InChI is InChI=1S/C32H40F3N7O3/c1-31(2,3)23-10-13-25(14-11-23)42(18-20-6-8-22(9-7-20)29(44)37-30-38-40-41-39-30)28(43)17-36-24-12-15-27(45-19-21-4-5-21)26(16-24)32(33,34)35/h6-9,12,15-16,21,23,25,36H,4-5,10-11,13-14,17-19H2,1-3H3,(H2,37,38,39,40,41,44). The summed E-state index contributed by atoms with van der Waals surface area (Å²) in [6.07, 6.45) is 0.994. The van der Waals surface area contributed by atoms with E-state index in [2.05, 4.69) is 52.0 Å². The Bertz CT molecular complexity index is 1440. The van der Waals surface area contributed by atoms with Crippen molar-refractivity contribution in [2.24, 2.45) is 17.3 Å². The molecule has 0 unspecified atom stereocenters. The normalized spacial score (nSPS) is 18.7. The second-order valence-electron chi connectivity index (χ2n) is 13.1. The number of rotatable bonds is 11. The molecule has 2 aliphatic carbocycles. The van der Waals surface area contributed by atoms with Crippen LogP contribution in [0.25, 0.3) is 0 Å². The van der Waals surface area contributed by atoms with Gasteiger partial charge >= 0.3 is 6.18 Å². The lowest BCUT2D eigenvalue weighted by Gasteiger charge is -2.41. The zero-order chi connectivity index (χ0) is 32.2. The summed E-state index contributed by atoms with van der Waals surface area (Å²) < 4.78 is 47.0. The van der Waals surface area contributed by atoms with Crippen LogP contribution in [-0.2, 0) is 17.5 Å². The number of aromatic amines is 1. The van der Waals surface area contributed by atoms with Crippen LogP contribution in [0.1, 0.15) is 80.8 Å². The van der Waals surface area contributed by atoms with Crippen molar-refractivity contribution in [3.05, 3.63) is 59.2 Å². The van der Waals surface area contributed by atoms with Crippen molar-refractivity contribution in [1.29, 1.82) is 0 Å². The molecular weight excluding hydrogens is 587 g/mol. The number of tetrazole rings is 1. The summed E-state index contributed by atoms with van der Waals surface area (Å²) in [6.45, 7) is 7.12. The van der Waals surface area contributed by atoms with E-state index in [-0.39, 0.29) is 47.9 Å². The van der Waals surface area contributed by atoms with E-state index in [4.69, 9.17) is 4.74 Å². The highest BCUT2D eigenvalue weighted by Gasteiger charge is 2.36. The molecule has 45 heavy (non-hydrogen) atoms. The third-order valence-corrected chi connectivity index (χ3v) is 8.72. The third-order valence-electron chi connectivity index (χ3n) is 8.72. The summed E-state index contributed by atoms with van der Waals surface area (Å²) in [5.74, 6) is 0.108. The Labute approximate surface area is 260 Å². The van der Waals surface area contributed by atoms with Gasteiger partial charge in [-0.15, -0.1) is 5.10 Å². The van der Waals surface area contributed by atoms with E-state index in [0.717, 1.165) is 50.2 Å². The van der Waals surface area contributed by atoms with Crippen molar-refractivity contribution in [3.8, 4) is 5.75 Å². The van der Waals surface area contributed by atoms with E-state index >= 15 is 0 Å². The molecule has 0 atom stereocenters. The Morgan fingerprint density at radius 2 is 1.71 bits per heavy atom. The number of H-pyrrole nitrogens is 1. The topological polar surface area (TPSA) is 125 Å². The van der Waals surface area contributed by atoms with Gasteiger partial charge in [-0.1, -0.05) is 38.0 Å². The molecule has 2 amide bonds. The number of halogens is 3. The van der Waals surface area contributed by atoms with E-state index in [1.54, 1.807) is 24.3 Å². The molecule has 2 aromatic carbocycles. The Morgan fingerprint density at radius 1 is 1.00 bits per heavy atom. The molecule has 2 aliphatic rings. The first-order valence-corrected chi connectivity index (χ1v) is 15.4. The van der Waals surface area contributed by atoms with Crippen LogP contribution in [0.2, 0.25) is 0 Å². The monoisotopic (exact) mass is 627 g/mol. The molecule has 0 saturated heterocycles. The number of amides is 2. The molecule has 5 rings (SSSR count). The first-order chi connectivity index (χ1) is 21.4. The van der Waals surface area contributed by atoms with Gasteiger partial charge in [0.15, 0.2) is 0 Å². The third kappa shape index (κ3) is 8.73. The van der Waals surface area contributed by atoms with Gasteiger partial charge in [-0.05, 0) is 96.9 Å². The summed E-state index contributed by atoms with van der Waals surface area (Å²) in [5.41, 5.74) is 0.723. The minimum Gasteiger partial charge on any atom is -0.493 e. The number of anilines is 2. The Balaban J connectivity index is 1.28. The van der Waals surface area contributed by atoms with Gasteiger partial charge < -0.3 is 15.0 Å². The minimum atomic E-state index is -4.59. The first kappa shape index (κ1) is 32.2. The van der Waals surface area contributed by atoms with E-state index in [9.17, 15) is 22.8 Å². The average Bonchev–Trinajstić information content (AvgIpc) is 3.70. The highest BCUT2D eigenvalue weighted by molar-refractivity contribution is 6.03. The maximum atomic E-state index is 13.9. The second kappa shape index (κ2) is 13.5. The van der Waals surface area contributed by atoms with E-state index in [1.165, 1.54) is 12.1 Å². The lowest BCUT2D eigenvalue weighted by molar-refractivity contribution is -0.139. The maximum absolute atomic E-state index is 13.9. The van der Waals surface area contributed by atoms with Crippen LogP contribution in [0.5, 0.6) is 5.75 Å². The summed E-state index contributed by atoms with van der Waals surface area (Å²) >= 11 is 0. The first-order valence-electron chi connectivity index (χ1n) is 15.4. The second-order valence-corrected chi connectivity index (χ2v) is 13.1. The van der Waals surface area contributed by atoms with Crippen LogP contribution in [0, 0.1) is 17.3 Å². The molecule has 2 fully saturated rings. The Hall–Kier alpha value is -4.16. The zero-order valence-electron chi connectivity index (χ0n) is 25.8. The molecular formula is C32H40F3N7O3. The molecule has 1 heterocycles. The number of ether oxygens (including phenoxy) is 1. The van der Waals surface area contributed by atoms with Crippen molar-refractivity contribution in [2.75, 3.05) is 23.8 Å². The molecule has 3 aromatic rings. The van der Waals surface area contributed by atoms with Crippen LogP contribution >= 0.6 is 0 Å². The number of carbonyl (C=O) groups is 2. The van der Waals surface area contributed by atoms with Gasteiger partial charge in [0, 0.05) is 23.8 Å². The number of nitrogens with one attached hydrogen (secondary N) is 3. The Morgan fingerprint density at radius 3 is 2.31 bits per heavy atom. The predicted molar refractivity (Wildman–Crippen MR) is 162 cm³/mol. The van der Waals surface area contributed by atoms with Gasteiger partial charge in [0.25, 0.3) is 11.9 Å². The molecule has 3 N–H and O–H groups in total. The van der Waals surface area contributed by atoms with E-state index in [0.29, 0.717) is 23.9 Å². The number of nitrogens with zero attached hydrogens (tertiary/aromatic N) is 4. The SMILES string of the molecule is CC(C)(C)C1CCC(N(Cc2ccc(C(=O)Nc3nn[nH]n3)cc2)C(=O)CNc2ccc(OCC3CC3)c(C(F)(F)F)c2)CC1. The number of hydrogen-bond donors (Lipinski definition) is 3. The number of aromatic nitrogens is 4. The van der Waals surface area contributed by atoms with Gasteiger partial charge in [0.1, 0.15) is 5.75 Å². The number of benzene rings is 2. The molecule has 0 radical (unpaired) electrons. The van der Waals surface area contributed by atoms with Gasteiger partial charge in [-0.2, -0.15) is 18.4 Å². The number of alkyl halides is 3. The number of carbonyl (C=O) groups excluding carboxylic acids is 2. The molecule has 13 heteroatoms. The zero-order valence-corrected chi connectivity index (χ0v) is 25.8. The maximum Gasteiger partial charge on any atom is 0.420 e. The summed E-state index contributed by atoms with van der Waals surface area (Å²) in [6, 6.07) is 10.7. The lowest BCUT2D eigenvalue weighted by atomic mass is 9.71. The molecule has 2 saturated carbocycles. The molecule has 0 bridgehead atoms. The van der Waals surface area contributed by atoms with E-state index < -0.39 is 17.6 Å². The fraction of sp³-hybridized carbons (Fsp3) is 0.531.